The van der Waals surface area contributed by atoms with Crippen LogP contribution in [0.25, 0.3) is 0 Å². The number of hydrogen-bond donors (Lipinski definition) is 1. The highest BCUT2D eigenvalue weighted by Crippen LogP contribution is 2.34. The predicted molar refractivity (Wildman–Crippen MR) is 92.9 cm³/mol. The molecule has 0 aliphatic heterocycles. The van der Waals surface area contributed by atoms with Crippen LogP contribution < -0.4 is 10.2 Å². The molecular weight excluding hydrogens is 305 g/mol. The number of nitrogens with one attached hydrogen (secondary N) is 1. The van der Waals surface area contributed by atoms with E-state index in [1.165, 1.54) is 32.1 Å². The fraction of sp³-hybridized carbons (Fsp3) is 0.688. The predicted octanol–water partition coefficient (Wildman–Crippen LogP) is 5.37. The zero-order valence-corrected chi connectivity index (χ0v) is 14.5. The van der Waals surface area contributed by atoms with E-state index in [2.05, 4.69) is 24.1 Å². The average molecular weight is 330 g/mol. The van der Waals surface area contributed by atoms with Gasteiger partial charge in [-0.15, -0.1) is 0 Å². The first-order chi connectivity index (χ1) is 10.2. The highest BCUT2D eigenvalue weighted by atomic mass is 35.5. The molecule has 1 aromatic rings. The third kappa shape index (κ3) is 4.17. The number of pyridine rings is 1. The number of rotatable bonds is 6. The van der Waals surface area contributed by atoms with Gasteiger partial charge in [-0.05, 0) is 32.3 Å². The lowest BCUT2D eigenvalue weighted by Gasteiger charge is -2.35. The molecule has 21 heavy (non-hydrogen) atoms. The normalized spacial score (nSPS) is 16.0. The van der Waals surface area contributed by atoms with Crippen LogP contribution in [-0.2, 0) is 0 Å². The Bertz CT molecular complexity index is 459. The molecule has 1 aliphatic rings. The van der Waals surface area contributed by atoms with Crippen LogP contribution in [0.2, 0.25) is 10.0 Å². The van der Waals surface area contributed by atoms with Crippen LogP contribution in [0.4, 0.5) is 11.6 Å². The summed E-state index contributed by atoms with van der Waals surface area (Å²) in [5.41, 5.74) is 0. The highest BCUT2D eigenvalue weighted by molar-refractivity contribution is 6.37. The number of hydrogen-bond acceptors (Lipinski definition) is 3. The Balaban J connectivity index is 2.26. The Morgan fingerprint density at radius 2 is 1.90 bits per heavy atom. The number of anilines is 2. The highest BCUT2D eigenvalue weighted by Gasteiger charge is 2.23. The van der Waals surface area contributed by atoms with Crippen molar-refractivity contribution in [2.45, 2.75) is 58.4 Å². The van der Waals surface area contributed by atoms with Gasteiger partial charge in [-0.3, -0.25) is 0 Å². The van der Waals surface area contributed by atoms with Crippen molar-refractivity contribution in [3.63, 3.8) is 0 Å². The minimum absolute atomic E-state index is 0.550. The Kier molecular flexibility index (Phi) is 6.43. The SMILES string of the molecule is CCCNc1nc(N(CC)C2CCCCC2)c(Cl)cc1Cl. The summed E-state index contributed by atoms with van der Waals surface area (Å²) < 4.78 is 0. The van der Waals surface area contributed by atoms with Gasteiger partial charge in [-0.1, -0.05) is 49.4 Å². The van der Waals surface area contributed by atoms with Crippen LogP contribution in [0, 0.1) is 0 Å². The van der Waals surface area contributed by atoms with E-state index in [0.29, 0.717) is 16.1 Å². The first-order valence-corrected chi connectivity index (χ1v) is 8.79. The molecule has 5 heteroatoms. The van der Waals surface area contributed by atoms with Crippen LogP contribution in [0.1, 0.15) is 52.4 Å². The maximum Gasteiger partial charge on any atom is 0.150 e. The van der Waals surface area contributed by atoms with Crippen LogP contribution in [0.15, 0.2) is 6.07 Å². The van der Waals surface area contributed by atoms with Crippen molar-refractivity contribution in [2.75, 3.05) is 23.3 Å². The van der Waals surface area contributed by atoms with Gasteiger partial charge in [0.15, 0.2) is 0 Å². The molecule has 1 saturated carbocycles. The molecule has 118 valence electrons. The number of aromatic nitrogens is 1. The monoisotopic (exact) mass is 329 g/mol. The van der Waals surface area contributed by atoms with E-state index in [-0.39, 0.29) is 0 Å². The van der Waals surface area contributed by atoms with E-state index in [9.17, 15) is 0 Å². The van der Waals surface area contributed by atoms with E-state index in [1.54, 1.807) is 0 Å². The second kappa shape index (κ2) is 8.09. The van der Waals surface area contributed by atoms with Gasteiger partial charge in [-0.25, -0.2) is 4.98 Å². The summed E-state index contributed by atoms with van der Waals surface area (Å²) in [6, 6.07) is 2.36. The molecule has 0 unspecified atom stereocenters. The zero-order chi connectivity index (χ0) is 15.2. The first kappa shape index (κ1) is 16.7. The molecule has 2 rings (SSSR count). The minimum Gasteiger partial charge on any atom is -0.369 e. The first-order valence-electron chi connectivity index (χ1n) is 8.03. The second-order valence-electron chi connectivity index (χ2n) is 5.63. The molecule has 1 N–H and O–H groups in total. The van der Waals surface area contributed by atoms with Gasteiger partial charge in [-0.2, -0.15) is 0 Å². The number of halogens is 2. The Morgan fingerprint density at radius 3 is 2.52 bits per heavy atom. The number of nitrogens with zero attached hydrogens (tertiary/aromatic N) is 2. The topological polar surface area (TPSA) is 28.2 Å². The second-order valence-corrected chi connectivity index (χ2v) is 6.44. The van der Waals surface area contributed by atoms with Crippen LogP contribution >= 0.6 is 23.2 Å². The zero-order valence-electron chi connectivity index (χ0n) is 13.0. The lowest BCUT2D eigenvalue weighted by Crippen LogP contribution is -2.37. The van der Waals surface area contributed by atoms with Crippen molar-refractivity contribution in [3.8, 4) is 0 Å². The quantitative estimate of drug-likeness (QED) is 0.760. The molecule has 0 atom stereocenters. The fourth-order valence-electron chi connectivity index (χ4n) is 3.00. The van der Waals surface area contributed by atoms with Crippen molar-refractivity contribution in [1.82, 2.24) is 4.98 Å². The molecule has 1 heterocycles. The smallest absolute Gasteiger partial charge is 0.150 e. The molecule has 0 aromatic carbocycles. The summed E-state index contributed by atoms with van der Waals surface area (Å²) in [5.74, 6) is 1.61. The summed E-state index contributed by atoms with van der Waals surface area (Å²) in [4.78, 5) is 7.05. The van der Waals surface area contributed by atoms with Gasteiger partial charge in [0.25, 0.3) is 0 Å². The van der Waals surface area contributed by atoms with Crippen LogP contribution in [0.5, 0.6) is 0 Å². The Labute approximate surface area is 138 Å². The Hall–Kier alpha value is -0.670. The molecule has 0 amide bonds. The van der Waals surface area contributed by atoms with Gasteiger partial charge in [0.05, 0.1) is 10.0 Å². The molecule has 0 radical (unpaired) electrons. The summed E-state index contributed by atoms with van der Waals surface area (Å²) in [7, 11) is 0. The summed E-state index contributed by atoms with van der Waals surface area (Å²) in [6.07, 6.45) is 7.44. The lowest BCUT2D eigenvalue weighted by atomic mass is 9.94. The van der Waals surface area contributed by atoms with Crippen molar-refractivity contribution in [2.24, 2.45) is 0 Å². The Morgan fingerprint density at radius 1 is 1.19 bits per heavy atom. The molecule has 1 aliphatic carbocycles. The van der Waals surface area contributed by atoms with Gasteiger partial charge in [0.2, 0.25) is 0 Å². The lowest BCUT2D eigenvalue weighted by molar-refractivity contribution is 0.416. The molecule has 1 aromatic heterocycles. The molecular formula is C16H25Cl2N3. The summed E-state index contributed by atoms with van der Waals surface area (Å²) in [6.45, 7) is 6.08. The van der Waals surface area contributed by atoms with Crippen LogP contribution in [-0.4, -0.2) is 24.1 Å². The maximum absolute atomic E-state index is 6.41. The van der Waals surface area contributed by atoms with E-state index in [0.717, 1.165) is 31.1 Å². The molecule has 0 bridgehead atoms. The van der Waals surface area contributed by atoms with Gasteiger partial charge in [0.1, 0.15) is 11.6 Å². The third-order valence-corrected chi connectivity index (χ3v) is 4.65. The van der Waals surface area contributed by atoms with Gasteiger partial charge < -0.3 is 10.2 Å². The van der Waals surface area contributed by atoms with Crippen molar-refractivity contribution >= 4 is 34.8 Å². The minimum atomic E-state index is 0.550. The van der Waals surface area contributed by atoms with Gasteiger partial charge >= 0.3 is 0 Å². The van der Waals surface area contributed by atoms with Gasteiger partial charge in [0, 0.05) is 19.1 Å². The van der Waals surface area contributed by atoms with Crippen LogP contribution in [0.3, 0.4) is 0 Å². The summed E-state index contributed by atoms with van der Waals surface area (Å²) >= 11 is 12.7. The largest absolute Gasteiger partial charge is 0.369 e. The fourth-order valence-corrected chi connectivity index (χ4v) is 3.53. The van der Waals surface area contributed by atoms with Crippen molar-refractivity contribution < 1.29 is 0 Å². The third-order valence-electron chi connectivity index (χ3n) is 4.08. The van der Waals surface area contributed by atoms with E-state index in [1.807, 2.05) is 6.07 Å². The van der Waals surface area contributed by atoms with E-state index >= 15 is 0 Å². The summed E-state index contributed by atoms with van der Waals surface area (Å²) in [5, 5.41) is 4.53. The average Bonchev–Trinajstić information content (AvgIpc) is 2.50. The van der Waals surface area contributed by atoms with E-state index in [4.69, 9.17) is 28.2 Å². The van der Waals surface area contributed by atoms with Crippen molar-refractivity contribution in [1.29, 1.82) is 0 Å². The maximum atomic E-state index is 6.41. The molecule has 0 saturated heterocycles. The molecule has 3 nitrogen and oxygen atoms in total. The standard InChI is InChI=1S/C16H25Cl2N3/c1-3-10-19-15-13(17)11-14(18)16(20-15)21(4-2)12-8-6-5-7-9-12/h11-12H,3-10H2,1-2H3,(H,19,20). The van der Waals surface area contributed by atoms with E-state index < -0.39 is 0 Å². The molecule has 0 spiro atoms. The molecule has 1 fully saturated rings. The van der Waals surface area contributed by atoms with Crippen molar-refractivity contribution in [3.05, 3.63) is 16.1 Å².